The van der Waals surface area contributed by atoms with E-state index in [1.54, 1.807) is 18.2 Å². The van der Waals surface area contributed by atoms with E-state index in [9.17, 15) is 8.78 Å². The van der Waals surface area contributed by atoms with E-state index in [1.165, 1.54) is 113 Å². The van der Waals surface area contributed by atoms with E-state index < -0.39 is 0 Å². The third-order valence-electron chi connectivity index (χ3n) is 13.8. The fraction of sp³-hybridized carbons (Fsp3) is 0.379. The number of para-hydroxylation sites is 4. The van der Waals surface area contributed by atoms with E-state index in [2.05, 4.69) is 140 Å². The van der Waals surface area contributed by atoms with E-state index in [4.69, 9.17) is 11.6 Å². The first-order chi connectivity index (χ1) is 32.3. The Morgan fingerprint density at radius 2 is 0.955 bits per heavy atom. The fourth-order valence-electron chi connectivity index (χ4n) is 10.1. The first-order valence-corrected chi connectivity index (χ1v) is 24.5. The van der Waals surface area contributed by atoms with Crippen LogP contribution in [0.3, 0.4) is 0 Å². The molecule has 0 unspecified atom stereocenters. The zero-order chi connectivity index (χ0) is 47.6. The van der Waals surface area contributed by atoms with Crippen molar-refractivity contribution in [3.63, 3.8) is 0 Å². The molecular formula is C58H71ClF2N6. The standard InChI is InChI=1S/C11H15N.C10H12FN.C10H13N.C9H10ClN.C9H10FN.C9H11N/c1-9-5-3-6-10-7-4-8-12(2)11(9)10;1-12-5-4-8-2-3-10(11)6-9(8)7-12;1-8-3-4-9-5-6-11(2)10(9)7-8;2*1-11-6-5-7-3-2-4-8(10)9(7)11;1-10-7-6-8-4-2-3-5-9(8)10/h3,5-6H,4,7-8H2,1-2H3;2-3,6H,4-5,7H2,1H3;3-4,7H,5-6H2,1-2H3;2*2-4H,5-6H2,1H3;2-5H,6-7H2,1H3. The molecule has 0 aliphatic carbocycles. The maximum absolute atomic E-state index is 13.1. The van der Waals surface area contributed by atoms with Gasteiger partial charge in [-0.25, -0.2) is 8.78 Å². The summed E-state index contributed by atoms with van der Waals surface area (Å²) in [6.45, 7) is 11.9. The minimum Gasteiger partial charge on any atom is -0.374 e. The van der Waals surface area contributed by atoms with Gasteiger partial charge in [-0.1, -0.05) is 90.5 Å². The van der Waals surface area contributed by atoms with E-state index in [-0.39, 0.29) is 11.6 Å². The van der Waals surface area contributed by atoms with Gasteiger partial charge in [-0.2, -0.15) is 0 Å². The number of rotatable bonds is 0. The molecule has 354 valence electrons. The van der Waals surface area contributed by atoms with E-state index >= 15 is 0 Å². The summed E-state index contributed by atoms with van der Waals surface area (Å²) in [5, 5.41) is 0.877. The van der Waals surface area contributed by atoms with Crippen molar-refractivity contribution in [1.29, 1.82) is 0 Å². The van der Waals surface area contributed by atoms with Crippen LogP contribution in [0.25, 0.3) is 0 Å². The maximum atomic E-state index is 13.1. The van der Waals surface area contributed by atoms with Gasteiger partial charge in [0.2, 0.25) is 0 Å². The molecule has 0 N–H and O–H groups in total. The second kappa shape index (κ2) is 23.0. The summed E-state index contributed by atoms with van der Waals surface area (Å²) in [5.74, 6) is -0.216. The highest BCUT2D eigenvalue weighted by Crippen LogP contribution is 2.34. The summed E-state index contributed by atoms with van der Waals surface area (Å²) in [4.78, 5) is 13.4. The highest BCUT2D eigenvalue weighted by Gasteiger charge is 2.20. The number of benzene rings is 6. The van der Waals surface area contributed by atoms with Crippen molar-refractivity contribution in [3.05, 3.63) is 182 Å². The molecule has 67 heavy (non-hydrogen) atoms. The van der Waals surface area contributed by atoms with Gasteiger partial charge in [-0.3, -0.25) is 0 Å². The average Bonchev–Trinajstić information content (AvgIpc) is 4.11. The Bertz CT molecular complexity index is 2540. The predicted molar refractivity (Wildman–Crippen MR) is 283 cm³/mol. The van der Waals surface area contributed by atoms with Gasteiger partial charge < -0.3 is 29.4 Å². The van der Waals surface area contributed by atoms with Gasteiger partial charge in [0.15, 0.2) is 0 Å². The quantitative estimate of drug-likeness (QED) is 0.150. The van der Waals surface area contributed by atoms with E-state index in [0.717, 1.165) is 67.3 Å². The molecule has 0 saturated carbocycles. The Balaban J connectivity index is 0.000000119. The predicted octanol–water partition coefficient (Wildman–Crippen LogP) is 12.0. The Morgan fingerprint density at radius 1 is 0.418 bits per heavy atom. The lowest BCUT2D eigenvalue weighted by Gasteiger charge is -2.29. The Hall–Kier alpha value is -5.57. The van der Waals surface area contributed by atoms with Gasteiger partial charge in [0, 0.05) is 98.1 Å². The van der Waals surface area contributed by atoms with E-state index in [0.29, 0.717) is 0 Å². The second-order valence-corrected chi connectivity index (χ2v) is 19.4. The van der Waals surface area contributed by atoms with Crippen molar-refractivity contribution in [2.24, 2.45) is 0 Å². The molecule has 0 fully saturated rings. The van der Waals surface area contributed by atoms with Crippen molar-refractivity contribution in [3.8, 4) is 0 Å². The van der Waals surface area contributed by atoms with Crippen LogP contribution in [-0.4, -0.2) is 86.5 Å². The summed E-state index contributed by atoms with van der Waals surface area (Å²) in [5.41, 5.74) is 18.5. The zero-order valence-corrected chi connectivity index (χ0v) is 41.9. The van der Waals surface area contributed by atoms with Crippen molar-refractivity contribution in [2.45, 2.75) is 65.3 Å². The van der Waals surface area contributed by atoms with Gasteiger partial charge in [0.05, 0.1) is 16.4 Å². The van der Waals surface area contributed by atoms with Gasteiger partial charge in [0.1, 0.15) is 11.6 Å². The maximum Gasteiger partial charge on any atom is 0.146 e. The highest BCUT2D eigenvalue weighted by molar-refractivity contribution is 6.33. The number of aryl methyl sites for hydroxylation is 3. The minimum absolute atomic E-state index is 0.0949. The number of hydrogen-bond acceptors (Lipinski definition) is 6. The van der Waals surface area contributed by atoms with Crippen LogP contribution in [0.2, 0.25) is 5.02 Å². The third kappa shape index (κ3) is 12.5. The molecule has 0 bridgehead atoms. The molecule has 9 heteroatoms. The second-order valence-electron chi connectivity index (χ2n) is 19.0. The van der Waals surface area contributed by atoms with Crippen molar-refractivity contribution >= 4 is 40.0 Å². The van der Waals surface area contributed by atoms with Crippen LogP contribution in [0.15, 0.2) is 115 Å². The topological polar surface area (TPSA) is 19.4 Å². The average molecular weight is 926 g/mol. The molecule has 0 aromatic heterocycles. The number of likely N-dealkylation sites (N-methyl/N-ethyl adjacent to an activating group) is 5. The Labute approximate surface area is 405 Å². The largest absolute Gasteiger partial charge is 0.374 e. The SMILES string of the molecule is CN1CCc2ccc(F)cc2C1.CN1CCc2cccc(Cl)c21.CN1CCc2cccc(F)c21.CN1CCc2ccccc21.Cc1ccc2c(c1)N(C)CC2.Cc1cccc2c1N(C)CCC2. The van der Waals surface area contributed by atoms with Gasteiger partial charge in [0.25, 0.3) is 0 Å². The summed E-state index contributed by atoms with van der Waals surface area (Å²) in [6.07, 6.45) is 8.13. The molecule has 6 aliphatic heterocycles. The number of halogens is 3. The lowest BCUT2D eigenvalue weighted by atomic mass is 9.99. The number of fused-ring (bicyclic) bond motifs is 6. The minimum atomic E-state index is -0.121. The normalized spacial score (nSPS) is 15.8. The van der Waals surface area contributed by atoms with E-state index in [1.807, 2.05) is 36.2 Å². The Kier molecular flexibility index (Phi) is 16.9. The summed E-state index contributed by atoms with van der Waals surface area (Å²) in [6, 6.07) is 38.4. The van der Waals surface area contributed by atoms with Gasteiger partial charge in [-0.05, 0) is 152 Å². The van der Waals surface area contributed by atoms with Crippen molar-refractivity contribution < 1.29 is 8.78 Å². The smallest absolute Gasteiger partial charge is 0.146 e. The number of nitrogens with zero attached hydrogens (tertiary/aromatic N) is 6. The lowest BCUT2D eigenvalue weighted by Crippen LogP contribution is -2.26. The van der Waals surface area contributed by atoms with Crippen LogP contribution in [0, 0.1) is 25.5 Å². The molecule has 6 aromatic carbocycles. The number of hydrogen-bond donors (Lipinski definition) is 0. The first kappa shape index (κ1) is 49.3. The molecule has 0 atom stereocenters. The summed E-state index contributed by atoms with van der Waals surface area (Å²) in [7, 11) is 12.6. The molecule has 6 heterocycles. The molecule has 0 spiro atoms. The molecule has 0 amide bonds. The van der Waals surface area contributed by atoms with Crippen LogP contribution in [0.5, 0.6) is 0 Å². The monoisotopic (exact) mass is 925 g/mol. The van der Waals surface area contributed by atoms with Crippen LogP contribution < -0.4 is 24.5 Å². The first-order valence-electron chi connectivity index (χ1n) is 24.1. The molecule has 6 aliphatic rings. The molecule has 0 radical (unpaired) electrons. The zero-order valence-electron chi connectivity index (χ0n) is 41.2. The summed E-state index contributed by atoms with van der Waals surface area (Å²) < 4.78 is 25.9. The van der Waals surface area contributed by atoms with Crippen LogP contribution >= 0.6 is 11.6 Å². The molecule has 6 nitrogen and oxygen atoms in total. The number of anilines is 5. The molecule has 0 saturated heterocycles. The van der Waals surface area contributed by atoms with Gasteiger partial charge >= 0.3 is 0 Å². The molecule has 6 aromatic rings. The van der Waals surface area contributed by atoms with Crippen molar-refractivity contribution in [2.75, 3.05) is 106 Å². The molecular weight excluding hydrogens is 854 g/mol. The lowest BCUT2D eigenvalue weighted by molar-refractivity contribution is 0.312. The third-order valence-corrected chi connectivity index (χ3v) is 14.1. The van der Waals surface area contributed by atoms with Crippen LogP contribution in [0.4, 0.5) is 37.2 Å². The fourth-order valence-corrected chi connectivity index (χ4v) is 10.4. The highest BCUT2D eigenvalue weighted by atomic mass is 35.5. The van der Waals surface area contributed by atoms with Crippen LogP contribution in [-0.2, 0) is 45.1 Å². The molecule has 12 rings (SSSR count). The Morgan fingerprint density at radius 3 is 1.64 bits per heavy atom. The van der Waals surface area contributed by atoms with Gasteiger partial charge in [-0.15, -0.1) is 0 Å². The van der Waals surface area contributed by atoms with Crippen LogP contribution in [0.1, 0.15) is 56.5 Å². The van der Waals surface area contributed by atoms with Crippen molar-refractivity contribution in [1.82, 2.24) is 4.90 Å². The summed E-state index contributed by atoms with van der Waals surface area (Å²) >= 11 is 6.02.